The van der Waals surface area contributed by atoms with Gasteiger partial charge in [-0.2, -0.15) is 5.26 Å². The Morgan fingerprint density at radius 3 is 2.90 bits per heavy atom. The van der Waals surface area contributed by atoms with Gasteiger partial charge < -0.3 is 5.32 Å². The Kier molecular flexibility index (Phi) is 5.59. The number of rotatable bonds is 7. The molecule has 0 aliphatic carbocycles. The van der Waals surface area contributed by atoms with E-state index in [0.29, 0.717) is 5.56 Å². The van der Waals surface area contributed by atoms with E-state index >= 15 is 0 Å². The number of aromatic nitrogens is 3. The maximum atomic E-state index is 8.74. The molecule has 2 aromatic rings. The third-order valence-electron chi connectivity index (χ3n) is 2.75. The monoisotopic (exact) mass is 287 g/mol. The molecular weight excluding hydrogens is 270 g/mol. The molecule has 2 rings (SSSR count). The zero-order valence-corrected chi connectivity index (χ0v) is 12.3. The molecule has 104 valence electrons. The van der Waals surface area contributed by atoms with E-state index in [4.69, 9.17) is 5.26 Å². The number of nitrogens with zero attached hydrogens (tertiary/aromatic N) is 4. The first kappa shape index (κ1) is 14.6. The van der Waals surface area contributed by atoms with Crippen molar-refractivity contribution in [3.63, 3.8) is 0 Å². The predicted molar refractivity (Wildman–Crippen MR) is 79.3 cm³/mol. The lowest BCUT2D eigenvalue weighted by Crippen LogP contribution is -2.16. The molecule has 0 aliphatic heterocycles. The number of aryl methyl sites for hydroxylation is 1. The second kappa shape index (κ2) is 7.68. The maximum Gasteiger partial charge on any atom is 0.166 e. The summed E-state index contributed by atoms with van der Waals surface area (Å²) < 4.78 is 0. The highest BCUT2D eigenvalue weighted by molar-refractivity contribution is 7.14. The van der Waals surface area contributed by atoms with E-state index in [1.807, 2.05) is 6.07 Å². The molecule has 0 fully saturated rings. The summed E-state index contributed by atoms with van der Waals surface area (Å²) >= 11 is 1.57. The fraction of sp³-hybridized carbons (Fsp3) is 0.429. The highest BCUT2D eigenvalue weighted by atomic mass is 32.1. The van der Waals surface area contributed by atoms with Crippen LogP contribution in [-0.4, -0.2) is 28.3 Å². The maximum absolute atomic E-state index is 8.74. The van der Waals surface area contributed by atoms with Crippen LogP contribution in [0.5, 0.6) is 0 Å². The van der Waals surface area contributed by atoms with Crippen molar-refractivity contribution in [2.45, 2.75) is 26.2 Å². The summed E-state index contributed by atoms with van der Waals surface area (Å²) in [6.45, 7) is 4.24. The minimum absolute atomic E-state index is 0.556. The second-order valence-electron chi connectivity index (χ2n) is 4.40. The fourth-order valence-corrected chi connectivity index (χ4v) is 2.57. The standard InChI is InChI=1S/C14H17N5S/c1-2-7-16-8-3-4-13-18-19-14(20-13)12-6-5-11(9-15)10-17-12/h5-6,10,16H,2-4,7-8H2,1H3. The summed E-state index contributed by atoms with van der Waals surface area (Å²) in [5.41, 5.74) is 1.33. The first-order valence-corrected chi connectivity index (χ1v) is 7.54. The van der Waals surface area contributed by atoms with Crippen LogP contribution in [0.15, 0.2) is 18.3 Å². The van der Waals surface area contributed by atoms with Gasteiger partial charge in [-0.05, 0) is 38.1 Å². The van der Waals surface area contributed by atoms with Crippen LogP contribution >= 0.6 is 11.3 Å². The predicted octanol–water partition coefficient (Wildman–Crippen LogP) is 2.40. The molecule has 0 amide bonds. The van der Waals surface area contributed by atoms with Gasteiger partial charge in [-0.3, -0.25) is 4.98 Å². The van der Waals surface area contributed by atoms with Crippen LogP contribution < -0.4 is 5.32 Å². The van der Waals surface area contributed by atoms with Crippen LogP contribution in [0.4, 0.5) is 0 Å². The van der Waals surface area contributed by atoms with Gasteiger partial charge in [0.1, 0.15) is 16.8 Å². The summed E-state index contributed by atoms with van der Waals surface area (Å²) in [5, 5.41) is 22.3. The smallest absolute Gasteiger partial charge is 0.166 e. The molecular formula is C14H17N5S. The normalized spacial score (nSPS) is 10.4. The van der Waals surface area contributed by atoms with Crippen LogP contribution in [0.1, 0.15) is 30.3 Å². The molecule has 0 unspecified atom stereocenters. The zero-order chi connectivity index (χ0) is 14.2. The molecule has 2 heterocycles. The van der Waals surface area contributed by atoms with Crippen molar-refractivity contribution >= 4 is 11.3 Å². The van der Waals surface area contributed by atoms with E-state index in [1.54, 1.807) is 23.6 Å². The molecule has 0 bridgehead atoms. The molecule has 0 radical (unpaired) electrons. The summed E-state index contributed by atoms with van der Waals surface area (Å²) in [7, 11) is 0. The first-order chi connectivity index (χ1) is 9.83. The lowest BCUT2D eigenvalue weighted by atomic mass is 10.3. The third kappa shape index (κ3) is 4.08. The van der Waals surface area contributed by atoms with Crippen molar-refractivity contribution in [1.29, 1.82) is 5.26 Å². The molecule has 1 N–H and O–H groups in total. The highest BCUT2D eigenvalue weighted by Gasteiger charge is 2.07. The van der Waals surface area contributed by atoms with Crippen LogP contribution in [0.25, 0.3) is 10.7 Å². The van der Waals surface area contributed by atoms with Gasteiger partial charge in [-0.1, -0.05) is 18.3 Å². The summed E-state index contributed by atoms with van der Waals surface area (Å²) in [4.78, 5) is 4.23. The topological polar surface area (TPSA) is 74.5 Å². The molecule has 0 spiro atoms. The Bertz CT molecular complexity index is 570. The van der Waals surface area contributed by atoms with Gasteiger partial charge in [0, 0.05) is 12.6 Å². The van der Waals surface area contributed by atoms with E-state index in [9.17, 15) is 0 Å². The Morgan fingerprint density at radius 1 is 1.30 bits per heavy atom. The summed E-state index contributed by atoms with van der Waals surface area (Å²) in [5.74, 6) is 0. The van der Waals surface area contributed by atoms with E-state index in [-0.39, 0.29) is 0 Å². The van der Waals surface area contributed by atoms with Crippen molar-refractivity contribution < 1.29 is 0 Å². The number of nitriles is 1. The number of pyridine rings is 1. The van der Waals surface area contributed by atoms with E-state index in [0.717, 1.165) is 48.1 Å². The average molecular weight is 287 g/mol. The van der Waals surface area contributed by atoms with E-state index < -0.39 is 0 Å². The van der Waals surface area contributed by atoms with Gasteiger partial charge in [0.25, 0.3) is 0 Å². The van der Waals surface area contributed by atoms with Gasteiger partial charge >= 0.3 is 0 Å². The van der Waals surface area contributed by atoms with Crippen LogP contribution in [0.3, 0.4) is 0 Å². The molecule has 6 heteroatoms. The Balaban J connectivity index is 1.89. The van der Waals surface area contributed by atoms with Crippen molar-refractivity contribution in [3.8, 4) is 16.8 Å². The largest absolute Gasteiger partial charge is 0.317 e. The summed E-state index contributed by atoms with van der Waals surface area (Å²) in [6, 6.07) is 5.61. The lowest BCUT2D eigenvalue weighted by molar-refractivity contribution is 0.637. The van der Waals surface area contributed by atoms with Crippen LogP contribution in [-0.2, 0) is 6.42 Å². The van der Waals surface area contributed by atoms with Crippen molar-refractivity contribution in [3.05, 3.63) is 28.9 Å². The van der Waals surface area contributed by atoms with Crippen molar-refractivity contribution in [1.82, 2.24) is 20.5 Å². The molecule has 20 heavy (non-hydrogen) atoms. The number of hydrogen-bond donors (Lipinski definition) is 1. The zero-order valence-electron chi connectivity index (χ0n) is 11.5. The molecule has 0 atom stereocenters. The fourth-order valence-electron chi connectivity index (χ4n) is 1.71. The molecule has 0 saturated heterocycles. The molecule has 2 aromatic heterocycles. The quantitative estimate of drug-likeness (QED) is 0.791. The SMILES string of the molecule is CCCNCCCc1nnc(-c2ccc(C#N)cn2)s1. The van der Waals surface area contributed by atoms with Gasteiger partial charge in [0.2, 0.25) is 0 Å². The van der Waals surface area contributed by atoms with E-state index in [1.165, 1.54) is 0 Å². The molecule has 5 nitrogen and oxygen atoms in total. The number of hydrogen-bond acceptors (Lipinski definition) is 6. The molecule has 0 aliphatic rings. The van der Waals surface area contributed by atoms with E-state index in [2.05, 4.69) is 33.5 Å². The minimum atomic E-state index is 0.556. The Hall–Kier alpha value is -1.84. The Labute approximate surface area is 122 Å². The van der Waals surface area contributed by atoms with Crippen LogP contribution in [0.2, 0.25) is 0 Å². The summed E-state index contributed by atoms with van der Waals surface area (Å²) in [6.07, 6.45) is 4.72. The van der Waals surface area contributed by atoms with Crippen molar-refractivity contribution in [2.75, 3.05) is 13.1 Å². The highest BCUT2D eigenvalue weighted by Crippen LogP contribution is 2.22. The molecule has 0 saturated carbocycles. The third-order valence-corrected chi connectivity index (χ3v) is 3.76. The first-order valence-electron chi connectivity index (χ1n) is 6.73. The van der Waals surface area contributed by atoms with Crippen LogP contribution in [0, 0.1) is 11.3 Å². The van der Waals surface area contributed by atoms with Gasteiger partial charge in [0.15, 0.2) is 5.01 Å². The minimum Gasteiger partial charge on any atom is -0.317 e. The lowest BCUT2D eigenvalue weighted by Gasteiger charge is -1.99. The number of nitrogens with one attached hydrogen (secondary N) is 1. The second-order valence-corrected chi connectivity index (χ2v) is 5.46. The molecule has 0 aromatic carbocycles. The Morgan fingerprint density at radius 2 is 2.20 bits per heavy atom. The average Bonchev–Trinajstić information content (AvgIpc) is 2.96. The van der Waals surface area contributed by atoms with Gasteiger partial charge in [0.05, 0.1) is 5.56 Å². The van der Waals surface area contributed by atoms with Gasteiger partial charge in [-0.25, -0.2) is 0 Å². The van der Waals surface area contributed by atoms with Crippen molar-refractivity contribution in [2.24, 2.45) is 0 Å². The van der Waals surface area contributed by atoms with Gasteiger partial charge in [-0.15, -0.1) is 10.2 Å².